The number of rotatable bonds is 3. The first-order valence-electron chi connectivity index (χ1n) is 6.42. The topological polar surface area (TPSA) is 29.5 Å². The van der Waals surface area contributed by atoms with Crippen LogP contribution in [0.25, 0.3) is 0 Å². The Bertz CT molecular complexity index is 423. The first-order chi connectivity index (χ1) is 8.49. The number of carbonyl (C=O) groups excluding carboxylic acids is 1. The van der Waals surface area contributed by atoms with E-state index in [9.17, 15) is 4.79 Å². The number of aryl methyl sites for hydroxylation is 1. The highest BCUT2D eigenvalue weighted by atomic mass is 16.5. The van der Waals surface area contributed by atoms with E-state index in [4.69, 9.17) is 4.74 Å². The summed E-state index contributed by atoms with van der Waals surface area (Å²) >= 11 is 0. The summed E-state index contributed by atoms with van der Waals surface area (Å²) in [7, 11) is 0. The van der Waals surface area contributed by atoms with Crippen molar-refractivity contribution < 1.29 is 9.53 Å². The highest BCUT2D eigenvalue weighted by molar-refractivity contribution is 5.97. The third-order valence-corrected chi connectivity index (χ3v) is 3.52. The van der Waals surface area contributed by atoms with Crippen molar-refractivity contribution in [3.05, 3.63) is 35.4 Å². The first-order valence-corrected chi connectivity index (χ1v) is 6.42. The molecule has 1 heterocycles. The van der Waals surface area contributed by atoms with Gasteiger partial charge < -0.3 is 4.74 Å². The molecule has 1 aromatic carbocycles. The molecule has 98 valence electrons. The van der Waals surface area contributed by atoms with Gasteiger partial charge in [0.15, 0.2) is 5.78 Å². The molecule has 3 nitrogen and oxygen atoms in total. The fourth-order valence-corrected chi connectivity index (χ4v) is 2.19. The van der Waals surface area contributed by atoms with Gasteiger partial charge >= 0.3 is 0 Å². The summed E-state index contributed by atoms with van der Waals surface area (Å²) in [6.45, 7) is 8.96. The van der Waals surface area contributed by atoms with Crippen LogP contribution in [-0.2, 0) is 4.74 Å². The van der Waals surface area contributed by atoms with Gasteiger partial charge in [0.1, 0.15) is 0 Å². The van der Waals surface area contributed by atoms with Crippen LogP contribution >= 0.6 is 0 Å². The number of benzene rings is 1. The smallest absolute Gasteiger partial charge is 0.176 e. The Morgan fingerprint density at radius 2 is 2.00 bits per heavy atom. The van der Waals surface area contributed by atoms with Crippen molar-refractivity contribution >= 4 is 5.78 Å². The SMILES string of the molecule is Cc1ccc(C(=O)CN2CCOCC2(C)C)cc1. The molecular formula is C15H21NO2. The zero-order chi connectivity index (χ0) is 13.2. The van der Waals surface area contributed by atoms with Gasteiger partial charge in [-0.2, -0.15) is 0 Å². The molecular weight excluding hydrogens is 226 g/mol. The monoisotopic (exact) mass is 247 g/mol. The average molecular weight is 247 g/mol. The maximum atomic E-state index is 12.2. The lowest BCUT2D eigenvalue weighted by Crippen LogP contribution is -2.54. The van der Waals surface area contributed by atoms with Crippen molar-refractivity contribution in [1.82, 2.24) is 4.90 Å². The molecule has 0 unspecified atom stereocenters. The van der Waals surface area contributed by atoms with Gasteiger partial charge in [0.25, 0.3) is 0 Å². The van der Waals surface area contributed by atoms with E-state index in [-0.39, 0.29) is 11.3 Å². The van der Waals surface area contributed by atoms with Gasteiger partial charge in [-0.15, -0.1) is 0 Å². The lowest BCUT2D eigenvalue weighted by Gasteiger charge is -2.41. The fraction of sp³-hybridized carbons (Fsp3) is 0.533. The van der Waals surface area contributed by atoms with Crippen molar-refractivity contribution in [3.8, 4) is 0 Å². The molecule has 3 heteroatoms. The number of ether oxygens (including phenoxy) is 1. The molecule has 1 aliphatic heterocycles. The fourth-order valence-electron chi connectivity index (χ4n) is 2.19. The molecule has 2 rings (SSSR count). The molecule has 0 amide bonds. The zero-order valence-electron chi connectivity index (χ0n) is 11.4. The molecule has 0 spiro atoms. The van der Waals surface area contributed by atoms with E-state index in [2.05, 4.69) is 18.7 Å². The zero-order valence-corrected chi connectivity index (χ0v) is 11.4. The molecule has 1 fully saturated rings. The molecule has 18 heavy (non-hydrogen) atoms. The predicted molar refractivity (Wildman–Crippen MR) is 72.0 cm³/mol. The second-order valence-electron chi connectivity index (χ2n) is 5.58. The summed E-state index contributed by atoms with van der Waals surface area (Å²) in [5, 5.41) is 0. The Morgan fingerprint density at radius 3 is 2.61 bits per heavy atom. The maximum Gasteiger partial charge on any atom is 0.176 e. The van der Waals surface area contributed by atoms with E-state index in [1.54, 1.807) is 0 Å². The lowest BCUT2D eigenvalue weighted by atomic mass is 10.0. The van der Waals surface area contributed by atoms with Crippen LogP contribution in [0.4, 0.5) is 0 Å². The van der Waals surface area contributed by atoms with E-state index in [1.165, 1.54) is 5.56 Å². The summed E-state index contributed by atoms with van der Waals surface area (Å²) < 4.78 is 5.47. The minimum absolute atomic E-state index is 0.0569. The summed E-state index contributed by atoms with van der Waals surface area (Å²) in [5.41, 5.74) is 1.92. The van der Waals surface area contributed by atoms with Crippen molar-refractivity contribution in [2.75, 3.05) is 26.3 Å². The Morgan fingerprint density at radius 1 is 1.33 bits per heavy atom. The number of Topliss-reactive ketones (excluding diaryl/α,β-unsaturated/α-hetero) is 1. The Kier molecular flexibility index (Phi) is 3.83. The summed E-state index contributed by atoms with van der Waals surface area (Å²) in [4.78, 5) is 14.4. The third kappa shape index (κ3) is 2.98. The van der Waals surface area contributed by atoms with Crippen LogP contribution in [0, 0.1) is 6.92 Å². The number of morpholine rings is 1. The van der Waals surface area contributed by atoms with Crippen LogP contribution < -0.4 is 0 Å². The molecule has 0 bridgehead atoms. The highest BCUT2D eigenvalue weighted by Crippen LogP contribution is 2.19. The van der Waals surface area contributed by atoms with Gasteiger partial charge in [-0.05, 0) is 20.8 Å². The van der Waals surface area contributed by atoms with Gasteiger partial charge in [0.2, 0.25) is 0 Å². The highest BCUT2D eigenvalue weighted by Gasteiger charge is 2.31. The van der Waals surface area contributed by atoms with Crippen LogP contribution in [0.5, 0.6) is 0 Å². The minimum Gasteiger partial charge on any atom is -0.378 e. The number of carbonyl (C=O) groups is 1. The van der Waals surface area contributed by atoms with Gasteiger partial charge in [0.05, 0.1) is 19.8 Å². The molecule has 0 aromatic heterocycles. The van der Waals surface area contributed by atoms with Gasteiger partial charge in [-0.1, -0.05) is 29.8 Å². The Labute approximate surface area is 109 Å². The minimum atomic E-state index is -0.0569. The summed E-state index contributed by atoms with van der Waals surface area (Å²) in [5.74, 6) is 0.185. The molecule has 0 atom stereocenters. The first kappa shape index (κ1) is 13.2. The number of nitrogens with zero attached hydrogens (tertiary/aromatic N) is 1. The maximum absolute atomic E-state index is 12.2. The molecule has 0 saturated carbocycles. The van der Waals surface area contributed by atoms with Crippen LogP contribution in [0.15, 0.2) is 24.3 Å². The van der Waals surface area contributed by atoms with Gasteiger partial charge in [-0.3, -0.25) is 9.69 Å². The van der Waals surface area contributed by atoms with Gasteiger partial charge in [-0.25, -0.2) is 0 Å². The Hall–Kier alpha value is -1.19. The lowest BCUT2D eigenvalue weighted by molar-refractivity contribution is -0.0467. The van der Waals surface area contributed by atoms with Gasteiger partial charge in [0, 0.05) is 17.6 Å². The van der Waals surface area contributed by atoms with Crippen molar-refractivity contribution in [2.45, 2.75) is 26.3 Å². The predicted octanol–water partition coefficient (Wildman–Crippen LogP) is 2.29. The standard InChI is InChI=1S/C15H21NO2/c1-12-4-6-13(7-5-12)14(17)10-16-8-9-18-11-15(16,2)3/h4-7H,8-11H2,1-3H3. The van der Waals surface area contributed by atoms with Crippen LogP contribution in [0.1, 0.15) is 29.8 Å². The molecule has 0 aliphatic carbocycles. The van der Waals surface area contributed by atoms with Crippen molar-refractivity contribution in [1.29, 1.82) is 0 Å². The van der Waals surface area contributed by atoms with E-state index < -0.39 is 0 Å². The van der Waals surface area contributed by atoms with Crippen LogP contribution in [0.2, 0.25) is 0 Å². The summed E-state index contributed by atoms with van der Waals surface area (Å²) in [6.07, 6.45) is 0. The van der Waals surface area contributed by atoms with Crippen molar-refractivity contribution in [2.24, 2.45) is 0 Å². The van der Waals surface area contributed by atoms with E-state index in [0.29, 0.717) is 19.8 Å². The molecule has 0 radical (unpaired) electrons. The quantitative estimate of drug-likeness (QED) is 0.768. The second-order valence-corrected chi connectivity index (χ2v) is 5.58. The normalized spacial score (nSPS) is 19.7. The largest absolute Gasteiger partial charge is 0.378 e. The van der Waals surface area contributed by atoms with Crippen LogP contribution in [0.3, 0.4) is 0 Å². The van der Waals surface area contributed by atoms with E-state index in [0.717, 1.165) is 12.1 Å². The second kappa shape index (κ2) is 5.21. The van der Waals surface area contributed by atoms with Crippen LogP contribution in [-0.4, -0.2) is 42.5 Å². The number of hydrogen-bond acceptors (Lipinski definition) is 3. The Balaban J connectivity index is 2.04. The van der Waals surface area contributed by atoms with E-state index >= 15 is 0 Å². The average Bonchev–Trinajstić information content (AvgIpc) is 2.32. The molecule has 1 saturated heterocycles. The number of ketones is 1. The molecule has 1 aliphatic rings. The molecule has 0 N–H and O–H groups in total. The number of hydrogen-bond donors (Lipinski definition) is 0. The third-order valence-electron chi connectivity index (χ3n) is 3.52. The summed E-state index contributed by atoms with van der Waals surface area (Å²) in [6, 6.07) is 7.78. The van der Waals surface area contributed by atoms with E-state index in [1.807, 2.05) is 31.2 Å². The molecule has 1 aromatic rings. The van der Waals surface area contributed by atoms with Crippen molar-refractivity contribution in [3.63, 3.8) is 0 Å².